The van der Waals surface area contributed by atoms with E-state index in [1.807, 2.05) is 6.07 Å². The Hall–Kier alpha value is -1.37. The lowest BCUT2D eigenvalue weighted by molar-refractivity contribution is -0.121. The van der Waals surface area contributed by atoms with Gasteiger partial charge in [0.15, 0.2) is 0 Å². The zero-order valence-corrected chi connectivity index (χ0v) is 5.59. The van der Waals surface area contributed by atoms with Crippen LogP contribution in [0.5, 0.6) is 0 Å². The van der Waals surface area contributed by atoms with Crippen LogP contribution >= 0.6 is 0 Å². The van der Waals surface area contributed by atoms with Crippen LogP contribution < -0.4 is 5.43 Å². The van der Waals surface area contributed by atoms with Crippen molar-refractivity contribution >= 4 is 11.6 Å². The van der Waals surface area contributed by atoms with E-state index in [1.54, 1.807) is 6.92 Å². The molecule has 10 heavy (non-hydrogen) atoms. The highest BCUT2D eigenvalue weighted by atomic mass is 16.2. The van der Waals surface area contributed by atoms with Gasteiger partial charge in [0.2, 0.25) is 5.91 Å². The fourth-order valence-corrected chi connectivity index (χ4v) is 0.821. The quantitative estimate of drug-likeness (QED) is 0.553. The topological polar surface area (TPSA) is 65.2 Å². The second kappa shape index (κ2) is 2.48. The lowest BCUT2D eigenvalue weighted by atomic mass is 10.0. The number of carbonyl (C=O) groups is 1. The molecule has 4 heteroatoms. The van der Waals surface area contributed by atoms with Gasteiger partial charge in [0.05, 0.1) is 18.4 Å². The minimum Gasteiger partial charge on any atom is -0.272 e. The first-order chi connectivity index (χ1) is 4.75. The average molecular weight is 137 g/mol. The Bertz CT molecular complexity index is 226. The molecule has 1 heterocycles. The first-order valence-corrected chi connectivity index (χ1v) is 2.96. The molecule has 1 rings (SSSR count). The van der Waals surface area contributed by atoms with Crippen molar-refractivity contribution in [3.05, 3.63) is 0 Å². The Labute approximate surface area is 58.5 Å². The zero-order valence-electron chi connectivity index (χ0n) is 5.59. The summed E-state index contributed by atoms with van der Waals surface area (Å²) in [7, 11) is 0. The van der Waals surface area contributed by atoms with Gasteiger partial charge in [0.1, 0.15) is 0 Å². The number of nitrogens with zero attached hydrogens (tertiary/aromatic N) is 2. The van der Waals surface area contributed by atoms with E-state index in [0.717, 1.165) is 0 Å². The van der Waals surface area contributed by atoms with Crippen LogP contribution in [-0.2, 0) is 4.79 Å². The third-order valence-corrected chi connectivity index (χ3v) is 1.46. The molecule has 0 spiro atoms. The van der Waals surface area contributed by atoms with Gasteiger partial charge in [-0.1, -0.05) is 0 Å². The van der Waals surface area contributed by atoms with Crippen molar-refractivity contribution < 1.29 is 4.79 Å². The van der Waals surface area contributed by atoms with Gasteiger partial charge in [-0.2, -0.15) is 10.4 Å². The summed E-state index contributed by atoms with van der Waals surface area (Å²) in [6, 6.07) is 1.93. The monoisotopic (exact) mass is 137 g/mol. The number of rotatable bonds is 1. The molecule has 1 N–H and O–H groups in total. The maximum absolute atomic E-state index is 10.8. The van der Waals surface area contributed by atoms with Gasteiger partial charge in [-0.15, -0.1) is 0 Å². The Kier molecular flexibility index (Phi) is 1.67. The second-order valence-electron chi connectivity index (χ2n) is 2.14. The number of nitrogens with one attached hydrogen (secondary N) is 1. The van der Waals surface area contributed by atoms with Crippen molar-refractivity contribution in [1.29, 1.82) is 5.26 Å². The Balaban J connectivity index is 2.67. The van der Waals surface area contributed by atoms with Gasteiger partial charge >= 0.3 is 0 Å². The third kappa shape index (κ3) is 0.982. The normalized spacial score (nSPS) is 23.4. The SMILES string of the molecule is CC1=NNC(=O)C1CC#N. The van der Waals surface area contributed by atoms with Crippen LogP contribution in [0.25, 0.3) is 0 Å². The second-order valence-corrected chi connectivity index (χ2v) is 2.14. The molecule has 0 aliphatic carbocycles. The number of hydrogen-bond acceptors (Lipinski definition) is 3. The predicted molar refractivity (Wildman–Crippen MR) is 35.0 cm³/mol. The molecule has 0 aromatic heterocycles. The van der Waals surface area contributed by atoms with Crippen LogP contribution in [0.1, 0.15) is 13.3 Å². The number of hydrogen-bond donors (Lipinski definition) is 1. The highest BCUT2D eigenvalue weighted by Crippen LogP contribution is 2.09. The van der Waals surface area contributed by atoms with Crippen LogP contribution in [-0.4, -0.2) is 11.6 Å². The van der Waals surface area contributed by atoms with E-state index in [9.17, 15) is 4.79 Å². The molecule has 0 aromatic rings. The fraction of sp³-hybridized carbons (Fsp3) is 0.500. The first kappa shape index (κ1) is 6.75. The number of hydrazone groups is 1. The van der Waals surface area contributed by atoms with E-state index in [4.69, 9.17) is 5.26 Å². The number of nitriles is 1. The van der Waals surface area contributed by atoms with Crippen molar-refractivity contribution in [1.82, 2.24) is 5.43 Å². The van der Waals surface area contributed by atoms with Gasteiger partial charge in [-0.05, 0) is 6.92 Å². The summed E-state index contributed by atoms with van der Waals surface area (Å²) in [5, 5.41) is 12.0. The molecule has 1 atom stereocenters. The van der Waals surface area contributed by atoms with E-state index in [1.165, 1.54) is 0 Å². The first-order valence-electron chi connectivity index (χ1n) is 2.96. The number of carbonyl (C=O) groups excluding carboxylic acids is 1. The minimum absolute atomic E-state index is 0.168. The molecule has 0 aromatic carbocycles. The van der Waals surface area contributed by atoms with Crippen LogP contribution in [0.15, 0.2) is 5.10 Å². The minimum atomic E-state index is -0.315. The highest BCUT2D eigenvalue weighted by Gasteiger charge is 2.25. The molecule has 1 aliphatic heterocycles. The molecule has 4 nitrogen and oxygen atoms in total. The van der Waals surface area contributed by atoms with Crippen LogP contribution in [0.2, 0.25) is 0 Å². The molecular weight excluding hydrogens is 130 g/mol. The van der Waals surface area contributed by atoms with Crippen molar-refractivity contribution in [3.63, 3.8) is 0 Å². The largest absolute Gasteiger partial charge is 0.272 e. The van der Waals surface area contributed by atoms with Gasteiger partial charge in [-0.25, -0.2) is 5.43 Å². The third-order valence-electron chi connectivity index (χ3n) is 1.46. The van der Waals surface area contributed by atoms with Crippen molar-refractivity contribution in [2.24, 2.45) is 11.0 Å². The van der Waals surface area contributed by atoms with E-state index in [-0.39, 0.29) is 18.2 Å². The molecule has 0 saturated heterocycles. The van der Waals surface area contributed by atoms with E-state index >= 15 is 0 Å². The summed E-state index contributed by atoms with van der Waals surface area (Å²) in [6.07, 6.45) is 0.223. The standard InChI is InChI=1S/C6H7N3O/c1-4-5(2-3-7)6(10)9-8-4/h5H,2H2,1H3,(H,9,10). The van der Waals surface area contributed by atoms with Crippen molar-refractivity contribution in [3.8, 4) is 6.07 Å². The van der Waals surface area contributed by atoms with E-state index < -0.39 is 0 Å². The molecule has 0 saturated carbocycles. The summed E-state index contributed by atoms with van der Waals surface area (Å²) >= 11 is 0. The smallest absolute Gasteiger partial charge is 0.249 e. The van der Waals surface area contributed by atoms with Crippen LogP contribution in [0.4, 0.5) is 0 Å². The molecule has 1 unspecified atom stereocenters. The Morgan fingerprint density at radius 3 is 3.00 bits per heavy atom. The highest BCUT2D eigenvalue weighted by molar-refractivity contribution is 6.06. The molecule has 1 amide bonds. The van der Waals surface area contributed by atoms with E-state index in [2.05, 4.69) is 10.5 Å². The predicted octanol–water partition coefficient (Wildman–Crippen LogP) is 0.0220. The van der Waals surface area contributed by atoms with Gasteiger partial charge in [0.25, 0.3) is 0 Å². The Morgan fingerprint density at radius 1 is 1.90 bits per heavy atom. The van der Waals surface area contributed by atoms with Gasteiger partial charge in [-0.3, -0.25) is 4.79 Å². The summed E-state index contributed by atoms with van der Waals surface area (Å²) in [5.41, 5.74) is 3.00. The summed E-state index contributed by atoms with van der Waals surface area (Å²) in [6.45, 7) is 1.74. The van der Waals surface area contributed by atoms with Gasteiger partial charge < -0.3 is 0 Å². The zero-order chi connectivity index (χ0) is 7.56. The van der Waals surface area contributed by atoms with E-state index in [0.29, 0.717) is 5.71 Å². The maximum Gasteiger partial charge on any atom is 0.249 e. The van der Waals surface area contributed by atoms with Crippen molar-refractivity contribution in [2.45, 2.75) is 13.3 Å². The summed E-state index contributed by atoms with van der Waals surface area (Å²) in [5.74, 6) is -0.482. The molecule has 52 valence electrons. The van der Waals surface area contributed by atoms with Crippen LogP contribution in [0.3, 0.4) is 0 Å². The molecule has 1 aliphatic rings. The molecular formula is C6H7N3O. The van der Waals surface area contributed by atoms with Gasteiger partial charge in [0, 0.05) is 5.71 Å². The fourth-order valence-electron chi connectivity index (χ4n) is 0.821. The Morgan fingerprint density at radius 2 is 2.60 bits per heavy atom. The maximum atomic E-state index is 10.8. The lowest BCUT2D eigenvalue weighted by Gasteiger charge is -1.98. The lowest BCUT2D eigenvalue weighted by Crippen LogP contribution is -2.21. The summed E-state index contributed by atoms with van der Waals surface area (Å²) < 4.78 is 0. The molecule has 0 bridgehead atoms. The summed E-state index contributed by atoms with van der Waals surface area (Å²) in [4.78, 5) is 10.8. The molecule has 0 fully saturated rings. The number of amides is 1. The van der Waals surface area contributed by atoms with Crippen molar-refractivity contribution in [2.75, 3.05) is 0 Å². The average Bonchev–Trinajstić information content (AvgIpc) is 2.20. The van der Waals surface area contributed by atoms with Crippen LogP contribution in [0, 0.1) is 17.2 Å². The molecule has 0 radical (unpaired) electrons.